The molecular weight excluding hydrogens is 276 g/mol. The number of benzene rings is 1. The Labute approximate surface area is 132 Å². The highest BCUT2D eigenvalue weighted by Crippen LogP contribution is 2.58. The predicted molar refractivity (Wildman–Crippen MR) is 87.0 cm³/mol. The maximum Gasteiger partial charge on any atom is 0.223 e. The normalized spacial score (nSPS) is 22.3. The summed E-state index contributed by atoms with van der Waals surface area (Å²) in [5.74, 6) is 1.42. The minimum atomic E-state index is 0.257. The standard InChI is InChI=1S/C18H26N2O2/c1-2-22-15-5-3-14(4-6-15)7-10-20-17(21)16-13-18(16)8-11-19-12-9-18/h3-6,16,19H,2,7-13H2,1H3,(H,20,21)/t16-/m1/s1. The maximum absolute atomic E-state index is 12.3. The molecule has 120 valence electrons. The topological polar surface area (TPSA) is 50.4 Å². The first kappa shape index (κ1) is 15.3. The van der Waals surface area contributed by atoms with Crippen molar-refractivity contribution >= 4 is 5.91 Å². The third kappa shape index (κ3) is 3.43. The monoisotopic (exact) mass is 302 g/mol. The molecule has 1 aromatic rings. The molecule has 4 nitrogen and oxygen atoms in total. The highest BCUT2D eigenvalue weighted by Gasteiger charge is 2.57. The molecule has 1 aliphatic heterocycles. The Morgan fingerprint density at radius 2 is 2.05 bits per heavy atom. The van der Waals surface area contributed by atoms with Gasteiger partial charge < -0.3 is 15.4 Å². The van der Waals surface area contributed by atoms with E-state index in [1.165, 1.54) is 5.56 Å². The van der Waals surface area contributed by atoms with Gasteiger partial charge in [0.2, 0.25) is 5.91 Å². The first-order valence-corrected chi connectivity index (χ1v) is 8.44. The fraction of sp³-hybridized carbons (Fsp3) is 0.611. The average Bonchev–Trinajstić information content (AvgIpc) is 3.23. The molecule has 1 aliphatic carbocycles. The molecule has 2 N–H and O–H groups in total. The molecule has 0 bridgehead atoms. The third-order valence-electron chi connectivity index (χ3n) is 5.05. The number of hydrogen-bond acceptors (Lipinski definition) is 3. The van der Waals surface area contributed by atoms with Crippen LogP contribution in [0.3, 0.4) is 0 Å². The lowest BCUT2D eigenvalue weighted by Gasteiger charge is -2.23. The molecule has 0 unspecified atom stereocenters. The van der Waals surface area contributed by atoms with Gasteiger partial charge in [0, 0.05) is 12.5 Å². The average molecular weight is 302 g/mol. The molecule has 2 aliphatic rings. The predicted octanol–water partition coefficient (Wildman–Crippen LogP) is 2.13. The van der Waals surface area contributed by atoms with E-state index < -0.39 is 0 Å². The second kappa shape index (κ2) is 6.69. The van der Waals surface area contributed by atoms with Crippen molar-refractivity contribution in [3.63, 3.8) is 0 Å². The maximum atomic E-state index is 12.3. The zero-order valence-electron chi connectivity index (χ0n) is 13.4. The summed E-state index contributed by atoms with van der Waals surface area (Å²) >= 11 is 0. The second-order valence-electron chi connectivity index (χ2n) is 6.49. The van der Waals surface area contributed by atoms with E-state index in [9.17, 15) is 4.79 Å². The van der Waals surface area contributed by atoms with Gasteiger partial charge >= 0.3 is 0 Å². The molecule has 4 heteroatoms. The summed E-state index contributed by atoms with van der Waals surface area (Å²) < 4.78 is 5.43. The van der Waals surface area contributed by atoms with Crippen LogP contribution in [-0.4, -0.2) is 32.1 Å². The van der Waals surface area contributed by atoms with Crippen LogP contribution in [0.15, 0.2) is 24.3 Å². The third-order valence-corrected chi connectivity index (χ3v) is 5.05. The van der Waals surface area contributed by atoms with Crippen LogP contribution in [-0.2, 0) is 11.2 Å². The van der Waals surface area contributed by atoms with Crippen molar-refractivity contribution in [2.45, 2.75) is 32.6 Å². The van der Waals surface area contributed by atoms with Gasteiger partial charge in [0.15, 0.2) is 0 Å². The lowest BCUT2D eigenvalue weighted by Crippen LogP contribution is -2.34. The van der Waals surface area contributed by atoms with Gasteiger partial charge in [-0.15, -0.1) is 0 Å². The summed E-state index contributed by atoms with van der Waals surface area (Å²) in [5, 5.41) is 6.49. The molecule has 0 radical (unpaired) electrons. The van der Waals surface area contributed by atoms with Gasteiger partial charge in [0.25, 0.3) is 0 Å². The minimum absolute atomic E-state index is 0.257. The number of ether oxygens (including phenoxy) is 1. The second-order valence-corrected chi connectivity index (χ2v) is 6.49. The highest BCUT2D eigenvalue weighted by atomic mass is 16.5. The van der Waals surface area contributed by atoms with Gasteiger partial charge in [0.1, 0.15) is 5.75 Å². The summed E-state index contributed by atoms with van der Waals surface area (Å²) in [6.07, 6.45) is 4.27. The Kier molecular flexibility index (Phi) is 4.67. The fourth-order valence-electron chi connectivity index (χ4n) is 3.57. The Hall–Kier alpha value is -1.55. The molecule has 1 spiro atoms. The van der Waals surface area contributed by atoms with E-state index in [1.807, 2.05) is 19.1 Å². The summed E-state index contributed by atoms with van der Waals surface area (Å²) in [6.45, 7) is 5.52. The van der Waals surface area contributed by atoms with Crippen molar-refractivity contribution in [1.29, 1.82) is 0 Å². The number of nitrogens with one attached hydrogen (secondary N) is 2. The number of hydrogen-bond donors (Lipinski definition) is 2. The molecule has 1 saturated heterocycles. The lowest BCUT2D eigenvalue weighted by atomic mass is 9.92. The molecule has 0 aromatic heterocycles. The molecule has 2 fully saturated rings. The summed E-state index contributed by atoms with van der Waals surface area (Å²) in [7, 11) is 0. The van der Waals surface area contributed by atoms with E-state index in [2.05, 4.69) is 22.8 Å². The van der Waals surface area contributed by atoms with E-state index in [4.69, 9.17) is 4.74 Å². The molecule has 3 rings (SSSR count). The van der Waals surface area contributed by atoms with Gasteiger partial charge in [0.05, 0.1) is 6.61 Å². The SMILES string of the molecule is CCOc1ccc(CCNC(=O)[C@H]2CC23CCNCC3)cc1. The van der Waals surface area contributed by atoms with Crippen molar-refractivity contribution in [2.24, 2.45) is 11.3 Å². The Balaban J connectivity index is 1.40. The number of amides is 1. The first-order chi connectivity index (χ1) is 10.7. The van der Waals surface area contributed by atoms with Crippen LogP contribution in [0.4, 0.5) is 0 Å². The van der Waals surface area contributed by atoms with E-state index in [-0.39, 0.29) is 11.8 Å². The quantitative estimate of drug-likeness (QED) is 0.846. The number of piperidine rings is 1. The van der Waals surface area contributed by atoms with Gasteiger partial charge in [-0.25, -0.2) is 0 Å². The van der Waals surface area contributed by atoms with E-state index in [0.717, 1.165) is 51.1 Å². The molecular formula is C18H26N2O2. The van der Waals surface area contributed by atoms with Crippen LogP contribution in [0.5, 0.6) is 5.75 Å². The lowest BCUT2D eigenvalue weighted by molar-refractivity contribution is -0.123. The number of rotatable bonds is 6. The van der Waals surface area contributed by atoms with Crippen LogP contribution >= 0.6 is 0 Å². The molecule has 1 heterocycles. The van der Waals surface area contributed by atoms with Crippen molar-refractivity contribution in [3.8, 4) is 5.75 Å². The van der Waals surface area contributed by atoms with Gasteiger partial charge in [-0.05, 0) is 68.8 Å². The summed E-state index contributed by atoms with van der Waals surface area (Å²) in [6, 6.07) is 8.13. The number of carbonyl (C=O) groups is 1. The summed E-state index contributed by atoms with van der Waals surface area (Å²) in [5.41, 5.74) is 1.56. The number of carbonyl (C=O) groups excluding carboxylic acids is 1. The van der Waals surface area contributed by atoms with Crippen LogP contribution in [0.1, 0.15) is 31.7 Å². The molecule has 1 saturated carbocycles. The largest absolute Gasteiger partial charge is 0.494 e. The highest BCUT2D eigenvalue weighted by molar-refractivity contribution is 5.82. The van der Waals surface area contributed by atoms with E-state index >= 15 is 0 Å². The Bertz CT molecular complexity index is 506. The Morgan fingerprint density at radius 1 is 1.32 bits per heavy atom. The van der Waals surface area contributed by atoms with E-state index in [1.54, 1.807) is 0 Å². The Morgan fingerprint density at radius 3 is 2.73 bits per heavy atom. The molecule has 1 aromatic carbocycles. The zero-order chi connectivity index (χ0) is 15.4. The van der Waals surface area contributed by atoms with Crippen LogP contribution < -0.4 is 15.4 Å². The zero-order valence-corrected chi connectivity index (χ0v) is 13.4. The minimum Gasteiger partial charge on any atom is -0.494 e. The van der Waals surface area contributed by atoms with Crippen LogP contribution in [0.25, 0.3) is 0 Å². The van der Waals surface area contributed by atoms with Crippen molar-refractivity contribution < 1.29 is 9.53 Å². The van der Waals surface area contributed by atoms with Crippen molar-refractivity contribution in [1.82, 2.24) is 10.6 Å². The molecule has 1 atom stereocenters. The van der Waals surface area contributed by atoms with Crippen molar-refractivity contribution in [2.75, 3.05) is 26.2 Å². The van der Waals surface area contributed by atoms with Gasteiger partial charge in [-0.1, -0.05) is 12.1 Å². The van der Waals surface area contributed by atoms with Crippen LogP contribution in [0.2, 0.25) is 0 Å². The summed E-state index contributed by atoms with van der Waals surface area (Å²) in [4.78, 5) is 12.3. The first-order valence-electron chi connectivity index (χ1n) is 8.44. The fourth-order valence-corrected chi connectivity index (χ4v) is 3.57. The molecule has 22 heavy (non-hydrogen) atoms. The van der Waals surface area contributed by atoms with Gasteiger partial charge in [-0.3, -0.25) is 4.79 Å². The van der Waals surface area contributed by atoms with Crippen molar-refractivity contribution in [3.05, 3.63) is 29.8 Å². The van der Waals surface area contributed by atoms with E-state index in [0.29, 0.717) is 12.0 Å². The molecule has 1 amide bonds. The van der Waals surface area contributed by atoms with Crippen LogP contribution in [0, 0.1) is 11.3 Å². The smallest absolute Gasteiger partial charge is 0.223 e. The van der Waals surface area contributed by atoms with Gasteiger partial charge in [-0.2, -0.15) is 0 Å².